The quantitative estimate of drug-likeness (QED) is 0.839. The summed E-state index contributed by atoms with van der Waals surface area (Å²) in [6, 6.07) is 7.68. The standard InChI is InChI=1S/C16H19ClN4OS/c1-10(2)16(3,9-18)20-14(22)8-23-15-19-12-7-11(17)5-6-13(12)21(15)4/h5-7,10H,8H2,1-4H3,(H,20,22)/t16-/m1/s1. The SMILES string of the molecule is CC(C)[C@@](C)(C#N)NC(=O)CSc1nc2cc(Cl)ccc2n1C. The van der Waals surface area contributed by atoms with E-state index in [1.165, 1.54) is 11.8 Å². The number of nitrogens with one attached hydrogen (secondary N) is 1. The molecule has 1 atom stereocenters. The molecule has 1 amide bonds. The smallest absolute Gasteiger partial charge is 0.231 e. The molecule has 1 aromatic heterocycles. The van der Waals surface area contributed by atoms with Crippen LogP contribution in [0.2, 0.25) is 5.02 Å². The summed E-state index contributed by atoms with van der Waals surface area (Å²) in [5.74, 6) is 0.0479. The fourth-order valence-electron chi connectivity index (χ4n) is 2.04. The van der Waals surface area contributed by atoms with Gasteiger partial charge >= 0.3 is 0 Å². The lowest BCUT2D eigenvalue weighted by Crippen LogP contribution is -2.49. The van der Waals surface area contributed by atoms with Gasteiger partial charge < -0.3 is 9.88 Å². The molecule has 7 heteroatoms. The van der Waals surface area contributed by atoms with Crippen molar-refractivity contribution in [2.45, 2.75) is 31.5 Å². The lowest BCUT2D eigenvalue weighted by molar-refractivity contribution is -0.120. The largest absolute Gasteiger partial charge is 0.337 e. The van der Waals surface area contributed by atoms with E-state index in [0.717, 1.165) is 16.2 Å². The van der Waals surface area contributed by atoms with Crippen LogP contribution in [-0.2, 0) is 11.8 Å². The first-order valence-corrected chi connectivity index (χ1v) is 8.60. The molecule has 122 valence electrons. The Labute approximate surface area is 145 Å². The van der Waals surface area contributed by atoms with Crippen molar-refractivity contribution < 1.29 is 4.79 Å². The number of rotatable bonds is 5. The molecule has 1 heterocycles. The molecule has 0 saturated carbocycles. The first kappa shape index (κ1) is 17.6. The van der Waals surface area contributed by atoms with Crippen molar-refractivity contribution in [1.82, 2.24) is 14.9 Å². The monoisotopic (exact) mass is 350 g/mol. The second kappa shape index (κ2) is 6.81. The Morgan fingerprint density at radius 3 is 2.87 bits per heavy atom. The molecule has 0 aliphatic heterocycles. The molecule has 1 N–H and O–H groups in total. The zero-order valence-corrected chi connectivity index (χ0v) is 15.1. The summed E-state index contributed by atoms with van der Waals surface area (Å²) in [6.07, 6.45) is 0. The molecule has 0 saturated heterocycles. The molecular formula is C16H19ClN4OS. The van der Waals surface area contributed by atoms with Crippen LogP contribution in [-0.4, -0.2) is 26.8 Å². The van der Waals surface area contributed by atoms with Crippen molar-refractivity contribution in [2.24, 2.45) is 13.0 Å². The Hall–Kier alpha value is -1.71. The maximum absolute atomic E-state index is 12.1. The summed E-state index contributed by atoms with van der Waals surface area (Å²) >= 11 is 7.31. The Kier molecular flexibility index (Phi) is 5.23. The van der Waals surface area contributed by atoms with Gasteiger partial charge in [0.15, 0.2) is 5.16 Å². The molecular weight excluding hydrogens is 332 g/mol. The summed E-state index contributed by atoms with van der Waals surface area (Å²) in [7, 11) is 1.90. The third-order valence-corrected chi connectivity index (χ3v) is 5.19. The zero-order valence-electron chi connectivity index (χ0n) is 13.6. The number of amides is 1. The average molecular weight is 351 g/mol. The van der Waals surface area contributed by atoms with Gasteiger partial charge in [-0.3, -0.25) is 4.79 Å². The van der Waals surface area contributed by atoms with Crippen LogP contribution < -0.4 is 5.32 Å². The van der Waals surface area contributed by atoms with Gasteiger partial charge in [-0.25, -0.2) is 4.98 Å². The van der Waals surface area contributed by atoms with Crippen LogP contribution in [0.4, 0.5) is 0 Å². The maximum atomic E-state index is 12.1. The number of aromatic nitrogens is 2. The number of thioether (sulfide) groups is 1. The van der Waals surface area contributed by atoms with E-state index in [2.05, 4.69) is 16.4 Å². The number of nitrogens with zero attached hydrogens (tertiary/aromatic N) is 3. The third kappa shape index (κ3) is 3.80. The first-order valence-electron chi connectivity index (χ1n) is 7.24. The maximum Gasteiger partial charge on any atom is 0.231 e. The Morgan fingerprint density at radius 2 is 2.26 bits per heavy atom. The highest BCUT2D eigenvalue weighted by Gasteiger charge is 2.29. The van der Waals surface area contributed by atoms with Crippen LogP contribution in [0.15, 0.2) is 23.4 Å². The van der Waals surface area contributed by atoms with Gasteiger partial charge in [-0.15, -0.1) is 0 Å². The molecule has 0 aliphatic rings. The molecule has 0 unspecified atom stereocenters. The number of imidazole rings is 1. The summed E-state index contributed by atoms with van der Waals surface area (Å²) < 4.78 is 1.93. The second-order valence-electron chi connectivity index (χ2n) is 5.89. The van der Waals surface area contributed by atoms with E-state index in [1.54, 1.807) is 13.0 Å². The predicted molar refractivity (Wildman–Crippen MR) is 93.4 cm³/mol. The first-order chi connectivity index (χ1) is 10.8. The Morgan fingerprint density at radius 1 is 1.57 bits per heavy atom. The number of aryl methyl sites for hydroxylation is 1. The van der Waals surface area contributed by atoms with Gasteiger partial charge in [0.2, 0.25) is 5.91 Å². The van der Waals surface area contributed by atoms with Crippen molar-refractivity contribution in [2.75, 3.05) is 5.75 Å². The fraction of sp³-hybridized carbons (Fsp3) is 0.438. The molecule has 0 bridgehead atoms. The van der Waals surface area contributed by atoms with Crippen molar-refractivity contribution in [3.05, 3.63) is 23.2 Å². The number of fused-ring (bicyclic) bond motifs is 1. The minimum atomic E-state index is -0.864. The van der Waals surface area contributed by atoms with Crippen molar-refractivity contribution in [3.8, 4) is 6.07 Å². The average Bonchev–Trinajstić information content (AvgIpc) is 2.80. The van der Waals surface area contributed by atoms with Gasteiger partial charge in [0.25, 0.3) is 0 Å². The molecule has 0 spiro atoms. The lowest BCUT2D eigenvalue weighted by atomic mass is 9.90. The van der Waals surface area contributed by atoms with E-state index in [9.17, 15) is 10.1 Å². The second-order valence-corrected chi connectivity index (χ2v) is 7.27. The van der Waals surface area contributed by atoms with Gasteiger partial charge in [0, 0.05) is 12.1 Å². The van der Waals surface area contributed by atoms with Gasteiger partial charge in [-0.1, -0.05) is 37.2 Å². The minimum Gasteiger partial charge on any atom is -0.337 e. The normalized spacial score (nSPS) is 13.8. The molecule has 2 aromatic rings. The summed E-state index contributed by atoms with van der Waals surface area (Å²) in [4.78, 5) is 16.6. The highest BCUT2D eigenvalue weighted by atomic mass is 35.5. The molecule has 23 heavy (non-hydrogen) atoms. The highest BCUT2D eigenvalue weighted by Crippen LogP contribution is 2.25. The summed E-state index contributed by atoms with van der Waals surface area (Å²) in [5.41, 5.74) is 0.894. The van der Waals surface area contributed by atoms with Crippen molar-refractivity contribution >= 4 is 40.3 Å². The number of hydrogen-bond donors (Lipinski definition) is 1. The van der Waals surface area contributed by atoms with Gasteiger partial charge in [-0.2, -0.15) is 5.26 Å². The highest BCUT2D eigenvalue weighted by molar-refractivity contribution is 7.99. The van der Waals surface area contributed by atoms with Crippen LogP contribution in [0.25, 0.3) is 11.0 Å². The molecule has 2 rings (SSSR count). The molecule has 0 aliphatic carbocycles. The lowest BCUT2D eigenvalue weighted by Gasteiger charge is -2.27. The number of benzene rings is 1. The predicted octanol–water partition coefficient (Wildman–Crippen LogP) is 3.37. The third-order valence-electron chi connectivity index (χ3n) is 3.92. The van der Waals surface area contributed by atoms with Crippen LogP contribution >= 0.6 is 23.4 Å². The van der Waals surface area contributed by atoms with Crippen LogP contribution in [0, 0.1) is 17.2 Å². The molecule has 0 radical (unpaired) electrons. The van der Waals surface area contributed by atoms with E-state index in [1.807, 2.05) is 37.6 Å². The number of nitriles is 1. The number of carbonyl (C=O) groups is 1. The Balaban J connectivity index is 2.08. The van der Waals surface area contributed by atoms with Gasteiger partial charge in [-0.05, 0) is 31.0 Å². The van der Waals surface area contributed by atoms with E-state index in [-0.39, 0.29) is 17.6 Å². The van der Waals surface area contributed by atoms with Crippen molar-refractivity contribution in [3.63, 3.8) is 0 Å². The summed E-state index contributed by atoms with van der Waals surface area (Å²) in [5, 5.41) is 13.4. The zero-order chi connectivity index (χ0) is 17.2. The minimum absolute atomic E-state index is 0.0272. The van der Waals surface area contributed by atoms with Crippen molar-refractivity contribution in [1.29, 1.82) is 5.26 Å². The molecule has 1 aromatic carbocycles. The van der Waals surface area contributed by atoms with Crippen LogP contribution in [0.5, 0.6) is 0 Å². The van der Waals surface area contributed by atoms with Crippen LogP contribution in [0.3, 0.4) is 0 Å². The summed E-state index contributed by atoms with van der Waals surface area (Å²) in [6.45, 7) is 5.55. The number of halogens is 1. The van der Waals surface area contributed by atoms with E-state index in [4.69, 9.17) is 11.6 Å². The fourth-order valence-corrected chi connectivity index (χ4v) is 2.99. The number of hydrogen-bond acceptors (Lipinski definition) is 4. The topological polar surface area (TPSA) is 70.7 Å². The van der Waals surface area contributed by atoms with Gasteiger partial charge in [0.1, 0.15) is 5.54 Å². The van der Waals surface area contributed by atoms with Gasteiger partial charge in [0.05, 0.1) is 22.9 Å². The van der Waals surface area contributed by atoms with Crippen LogP contribution in [0.1, 0.15) is 20.8 Å². The molecule has 5 nitrogen and oxygen atoms in total. The van der Waals surface area contributed by atoms with E-state index < -0.39 is 5.54 Å². The number of carbonyl (C=O) groups excluding carboxylic acids is 1. The Bertz CT molecular complexity index is 780. The van der Waals surface area contributed by atoms with E-state index >= 15 is 0 Å². The van der Waals surface area contributed by atoms with E-state index in [0.29, 0.717) is 5.02 Å². The molecule has 0 fully saturated rings.